The van der Waals surface area contributed by atoms with Gasteiger partial charge in [-0.1, -0.05) is 24.3 Å². The molecule has 0 atom stereocenters. The molecule has 29 heavy (non-hydrogen) atoms. The van der Waals surface area contributed by atoms with Crippen molar-refractivity contribution in [3.63, 3.8) is 0 Å². The summed E-state index contributed by atoms with van der Waals surface area (Å²) in [6, 6.07) is 10.5. The molecule has 8 nitrogen and oxygen atoms in total. The molecule has 0 saturated heterocycles. The lowest BCUT2D eigenvalue weighted by atomic mass is 10.0. The van der Waals surface area contributed by atoms with Crippen LogP contribution in [-0.4, -0.2) is 53.5 Å². The number of nitrogens with zero attached hydrogens (tertiary/aromatic N) is 2. The van der Waals surface area contributed by atoms with E-state index in [9.17, 15) is 9.90 Å². The van der Waals surface area contributed by atoms with E-state index >= 15 is 0 Å². The SMILES string of the molecule is COc1ccc(OC)c2nc3c(nc12)c(C(=O)NCCO)c(O)c1ccccc13. The van der Waals surface area contributed by atoms with Crippen molar-refractivity contribution in [1.82, 2.24) is 15.3 Å². The molecule has 3 N–H and O–H groups in total. The Morgan fingerprint density at radius 3 is 2.10 bits per heavy atom. The molecule has 148 valence electrons. The fourth-order valence-corrected chi connectivity index (χ4v) is 3.40. The molecule has 4 rings (SSSR count). The molecule has 0 aliphatic heterocycles. The number of nitrogens with one attached hydrogen (secondary N) is 1. The van der Waals surface area contributed by atoms with Gasteiger partial charge < -0.3 is 25.0 Å². The van der Waals surface area contributed by atoms with Crippen LogP contribution in [0.25, 0.3) is 32.8 Å². The molecule has 1 aromatic heterocycles. The van der Waals surface area contributed by atoms with Crippen molar-refractivity contribution < 1.29 is 24.5 Å². The van der Waals surface area contributed by atoms with Crippen molar-refractivity contribution in [2.75, 3.05) is 27.4 Å². The Morgan fingerprint density at radius 1 is 0.931 bits per heavy atom. The number of methoxy groups -OCH3 is 2. The van der Waals surface area contributed by atoms with Crippen molar-refractivity contribution in [1.29, 1.82) is 0 Å². The van der Waals surface area contributed by atoms with Gasteiger partial charge in [-0.2, -0.15) is 0 Å². The lowest BCUT2D eigenvalue weighted by Crippen LogP contribution is -2.27. The summed E-state index contributed by atoms with van der Waals surface area (Å²) < 4.78 is 10.8. The van der Waals surface area contributed by atoms with Crippen LogP contribution >= 0.6 is 0 Å². The minimum atomic E-state index is -0.553. The van der Waals surface area contributed by atoms with Crippen molar-refractivity contribution in [2.24, 2.45) is 0 Å². The highest BCUT2D eigenvalue weighted by Crippen LogP contribution is 2.39. The fraction of sp³-hybridized carbons (Fsp3) is 0.190. The van der Waals surface area contributed by atoms with E-state index < -0.39 is 5.91 Å². The molecule has 0 fully saturated rings. The maximum atomic E-state index is 12.8. The summed E-state index contributed by atoms with van der Waals surface area (Å²) in [5, 5.41) is 23.6. The van der Waals surface area contributed by atoms with E-state index in [0.717, 1.165) is 0 Å². The molecule has 3 aromatic carbocycles. The molecular formula is C21H19N3O5. The number of ether oxygens (including phenoxy) is 2. The van der Waals surface area contributed by atoms with Gasteiger partial charge in [0.1, 0.15) is 39.4 Å². The number of hydrogen-bond acceptors (Lipinski definition) is 7. The maximum Gasteiger partial charge on any atom is 0.257 e. The van der Waals surface area contributed by atoms with Crippen molar-refractivity contribution >= 4 is 38.7 Å². The molecule has 0 bridgehead atoms. The summed E-state index contributed by atoms with van der Waals surface area (Å²) in [6.45, 7) is -0.178. The zero-order valence-corrected chi connectivity index (χ0v) is 15.9. The predicted molar refractivity (Wildman–Crippen MR) is 109 cm³/mol. The number of fused-ring (bicyclic) bond motifs is 4. The van der Waals surface area contributed by atoms with Gasteiger partial charge in [0.25, 0.3) is 5.91 Å². The number of aliphatic hydroxyl groups is 1. The third-order valence-electron chi connectivity index (χ3n) is 4.72. The number of benzene rings is 3. The fourth-order valence-electron chi connectivity index (χ4n) is 3.40. The Kier molecular flexibility index (Phi) is 4.77. The highest BCUT2D eigenvalue weighted by molar-refractivity contribution is 6.19. The van der Waals surface area contributed by atoms with Crippen LogP contribution in [0, 0.1) is 0 Å². The van der Waals surface area contributed by atoms with Gasteiger partial charge in [0, 0.05) is 17.3 Å². The van der Waals surface area contributed by atoms with E-state index in [1.54, 1.807) is 30.3 Å². The van der Waals surface area contributed by atoms with Crippen LogP contribution < -0.4 is 14.8 Å². The van der Waals surface area contributed by atoms with Crippen LogP contribution in [0.4, 0.5) is 0 Å². The number of hydrogen-bond donors (Lipinski definition) is 3. The van der Waals surface area contributed by atoms with Crippen LogP contribution in [0.2, 0.25) is 0 Å². The van der Waals surface area contributed by atoms with Crippen LogP contribution in [0.3, 0.4) is 0 Å². The summed E-state index contributed by atoms with van der Waals surface area (Å²) in [6.07, 6.45) is 0. The second-order valence-corrected chi connectivity index (χ2v) is 6.34. The Morgan fingerprint density at radius 2 is 1.52 bits per heavy atom. The van der Waals surface area contributed by atoms with E-state index in [1.165, 1.54) is 14.2 Å². The summed E-state index contributed by atoms with van der Waals surface area (Å²) in [4.78, 5) is 22.2. The van der Waals surface area contributed by atoms with E-state index in [0.29, 0.717) is 38.8 Å². The van der Waals surface area contributed by atoms with Crippen molar-refractivity contribution in [3.8, 4) is 17.2 Å². The van der Waals surface area contributed by atoms with Gasteiger partial charge in [-0.25, -0.2) is 9.97 Å². The van der Waals surface area contributed by atoms with Crippen LogP contribution in [0.15, 0.2) is 36.4 Å². The van der Waals surface area contributed by atoms with Crippen molar-refractivity contribution in [3.05, 3.63) is 42.0 Å². The van der Waals surface area contributed by atoms with Gasteiger partial charge in [-0.15, -0.1) is 0 Å². The van der Waals surface area contributed by atoms with E-state index in [2.05, 4.69) is 10.3 Å². The average Bonchev–Trinajstić information content (AvgIpc) is 2.76. The minimum absolute atomic E-state index is 0.00794. The quantitative estimate of drug-likeness (QED) is 0.352. The van der Waals surface area contributed by atoms with Gasteiger partial charge >= 0.3 is 0 Å². The number of phenols is 1. The number of carbonyl (C=O) groups is 1. The summed E-state index contributed by atoms with van der Waals surface area (Å²) in [5.41, 5.74) is 1.57. The molecule has 0 aliphatic carbocycles. The van der Waals surface area contributed by atoms with Gasteiger partial charge in [-0.3, -0.25) is 4.79 Å². The first-order chi connectivity index (χ1) is 14.1. The zero-order valence-electron chi connectivity index (χ0n) is 15.9. The average molecular weight is 393 g/mol. The van der Waals surface area contributed by atoms with Crippen LogP contribution in [0.5, 0.6) is 17.2 Å². The standard InChI is InChI=1S/C21H19N3O5/c1-28-13-7-8-14(29-2)18-17(13)23-16-11-5-3-4-6-12(11)20(26)15(19(16)24-18)21(27)22-9-10-25/h3-8,25-26H,9-10H2,1-2H3,(H,22,27). The largest absolute Gasteiger partial charge is 0.506 e. The number of aromatic nitrogens is 2. The Bertz CT molecular complexity index is 1260. The first kappa shape index (κ1) is 18.7. The summed E-state index contributed by atoms with van der Waals surface area (Å²) in [7, 11) is 3.05. The molecule has 0 spiro atoms. The maximum absolute atomic E-state index is 12.8. The topological polar surface area (TPSA) is 114 Å². The van der Waals surface area contributed by atoms with E-state index in [1.807, 2.05) is 6.07 Å². The van der Waals surface area contributed by atoms with Gasteiger partial charge in [0.2, 0.25) is 0 Å². The Hall–Kier alpha value is -3.65. The van der Waals surface area contributed by atoms with Gasteiger partial charge in [-0.05, 0) is 12.1 Å². The van der Waals surface area contributed by atoms with Gasteiger partial charge in [0.05, 0.1) is 26.3 Å². The first-order valence-corrected chi connectivity index (χ1v) is 8.95. The minimum Gasteiger partial charge on any atom is -0.506 e. The smallest absolute Gasteiger partial charge is 0.257 e. The van der Waals surface area contributed by atoms with Crippen molar-refractivity contribution in [2.45, 2.75) is 0 Å². The molecule has 0 saturated carbocycles. The molecular weight excluding hydrogens is 374 g/mol. The molecule has 8 heteroatoms. The normalized spacial score (nSPS) is 11.1. The first-order valence-electron chi connectivity index (χ1n) is 8.95. The highest BCUT2D eigenvalue weighted by Gasteiger charge is 2.23. The van der Waals surface area contributed by atoms with E-state index in [4.69, 9.17) is 19.6 Å². The van der Waals surface area contributed by atoms with Crippen LogP contribution in [0.1, 0.15) is 10.4 Å². The predicted octanol–water partition coefficient (Wildman–Crippen LogP) is 2.38. The second kappa shape index (κ2) is 7.40. The summed E-state index contributed by atoms with van der Waals surface area (Å²) in [5.74, 6) is 0.227. The lowest BCUT2D eigenvalue weighted by Gasteiger charge is -2.15. The number of rotatable bonds is 5. The van der Waals surface area contributed by atoms with Gasteiger partial charge in [0.15, 0.2) is 0 Å². The molecule has 0 aliphatic rings. The number of amides is 1. The Balaban J connectivity index is 2.19. The van der Waals surface area contributed by atoms with Crippen LogP contribution in [-0.2, 0) is 0 Å². The number of phenolic OH excluding ortho intramolecular Hbond substituents is 1. The molecule has 1 heterocycles. The molecule has 1 amide bonds. The third-order valence-corrected chi connectivity index (χ3v) is 4.72. The lowest BCUT2D eigenvalue weighted by molar-refractivity contribution is 0.0944. The Labute approximate surface area is 165 Å². The summed E-state index contributed by atoms with van der Waals surface area (Å²) >= 11 is 0. The van der Waals surface area contributed by atoms with E-state index in [-0.39, 0.29) is 30.0 Å². The molecule has 4 aromatic rings. The highest BCUT2D eigenvalue weighted by atomic mass is 16.5. The monoisotopic (exact) mass is 393 g/mol. The zero-order chi connectivity index (χ0) is 20.5. The molecule has 0 radical (unpaired) electrons. The molecule has 0 unspecified atom stereocenters. The second-order valence-electron chi connectivity index (χ2n) is 6.34. The number of aliphatic hydroxyl groups excluding tert-OH is 1. The number of carbonyl (C=O) groups excluding carboxylic acids is 1. The third kappa shape index (κ3) is 2.94. The number of aromatic hydroxyl groups is 1.